The maximum Gasteiger partial charge on any atom is 0.305 e. The number of hydrogen-bond acceptors (Lipinski definition) is 4. The fourth-order valence-corrected chi connectivity index (χ4v) is 6.14. The van der Waals surface area contributed by atoms with Crippen molar-refractivity contribution in [2.75, 3.05) is 52.6 Å². The fraction of sp³-hybridized carbons (Fsp3) is 0.250. The van der Waals surface area contributed by atoms with Crippen molar-refractivity contribution in [1.29, 1.82) is 0 Å². The molecule has 0 spiro atoms. The van der Waals surface area contributed by atoms with Gasteiger partial charge in [-0.2, -0.15) is 0 Å². The zero-order chi connectivity index (χ0) is 43.2. The number of rotatable bonds is 6. The summed E-state index contributed by atoms with van der Waals surface area (Å²) in [5, 5.41) is 0. The number of morpholine rings is 2. The molecule has 6 rings (SSSR count). The van der Waals surface area contributed by atoms with E-state index in [4.69, 9.17) is 9.47 Å². The normalized spacial score (nSPS) is 15.1. The lowest BCUT2D eigenvalue weighted by molar-refractivity contribution is 0.0717. The Hall–Kier alpha value is -4.55. The molecule has 2 aliphatic rings. The van der Waals surface area contributed by atoms with Crippen molar-refractivity contribution >= 4 is 35.5 Å². The molecule has 26 heteroatoms. The predicted molar refractivity (Wildman–Crippen MR) is 160 cm³/mol. The summed E-state index contributed by atoms with van der Waals surface area (Å²) in [6.07, 6.45) is 0. The van der Waals surface area contributed by atoms with E-state index in [9.17, 15) is 87.8 Å². The summed E-state index contributed by atoms with van der Waals surface area (Å²) in [4.78, 5) is 1.58. The van der Waals surface area contributed by atoms with Gasteiger partial charge < -0.3 is 19.1 Å². The highest BCUT2D eigenvalue weighted by atomic mass is 19.2. The van der Waals surface area contributed by atoms with Crippen molar-refractivity contribution in [3.05, 3.63) is 116 Å². The number of benzene rings is 4. The van der Waals surface area contributed by atoms with Gasteiger partial charge in [-0.1, -0.05) is 0 Å². The van der Waals surface area contributed by atoms with Crippen molar-refractivity contribution < 1.29 is 97.3 Å². The molecular weight excluding hydrogens is 846 g/mol. The van der Waals surface area contributed by atoms with Gasteiger partial charge in [0.15, 0.2) is 116 Å². The highest BCUT2D eigenvalue weighted by molar-refractivity contribution is 6.83. The molecule has 4 nitrogen and oxygen atoms in total. The van der Waals surface area contributed by atoms with E-state index >= 15 is 0 Å². The van der Waals surface area contributed by atoms with Crippen LogP contribution in [0.2, 0.25) is 0 Å². The highest BCUT2D eigenvalue weighted by Gasteiger charge is 2.45. The maximum absolute atomic E-state index is 14.4. The number of halogens is 20. The summed E-state index contributed by atoms with van der Waals surface area (Å²) >= 11 is 0. The van der Waals surface area contributed by atoms with E-state index in [1.54, 1.807) is 0 Å². The fourth-order valence-electron chi connectivity index (χ4n) is 6.14. The van der Waals surface area contributed by atoms with Gasteiger partial charge in [0.2, 0.25) is 0 Å². The minimum atomic E-state index is -2.54. The molecule has 4 aromatic rings. The molecule has 0 bridgehead atoms. The van der Waals surface area contributed by atoms with E-state index in [1.807, 2.05) is 0 Å². The van der Waals surface area contributed by atoms with Crippen LogP contribution in [0.15, 0.2) is 0 Å². The lowest BCUT2D eigenvalue weighted by Gasteiger charge is -2.33. The Kier molecular flexibility index (Phi) is 13.3. The van der Waals surface area contributed by atoms with E-state index in [0.29, 0.717) is 0 Å². The van der Waals surface area contributed by atoms with Gasteiger partial charge in [-0.3, -0.25) is 0 Å². The van der Waals surface area contributed by atoms with E-state index in [1.165, 1.54) is 0 Å². The first-order valence-corrected chi connectivity index (χ1v) is 15.9. The van der Waals surface area contributed by atoms with E-state index in [2.05, 4.69) is 0 Å². The van der Waals surface area contributed by atoms with Gasteiger partial charge in [0.05, 0.1) is 26.4 Å². The molecule has 2 heterocycles. The Morgan fingerprint density at radius 2 is 0.379 bits per heavy atom. The van der Waals surface area contributed by atoms with Crippen LogP contribution in [0, 0.1) is 116 Å². The standard InChI is InChI=1S/2C16H8BF10NO/c2*18-7-5(8(19)12(23)15(26)11(7)22)17(28-1-3-29-4-2-28)6-9(20)13(24)16(27)14(25)10(6)21/h2*1-4H2. The molecule has 0 aliphatic carbocycles. The van der Waals surface area contributed by atoms with Crippen LogP contribution in [-0.4, -0.2) is 75.9 Å². The summed E-state index contributed by atoms with van der Waals surface area (Å²) in [5.41, 5.74) is -6.98. The lowest BCUT2D eigenvalue weighted by Crippen LogP contribution is -2.63. The summed E-state index contributed by atoms with van der Waals surface area (Å²) in [5.74, 6) is -49.2. The second-order valence-corrected chi connectivity index (χ2v) is 12.0. The van der Waals surface area contributed by atoms with Crippen molar-refractivity contribution in [1.82, 2.24) is 9.62 Å². The van der Waals surface area contributed by atoms with Gasteiger partial charge in [0, 0.05) is 48.0 Å². The Morgan fingerprint density at radius 1 is 0.241 bits per heavy atom. The van der Waals surface area contributed by atoms with Crippen LogP contribution >= 0.6 is 0 Å². The number of nitrogens with zero attached hydrogens (tertiary/aromatic N) is 2. The topological polar surface area (TPSA) is 24.9 Å². The molecule has 2 fully saturated rings. The Balaban J connectivity index is 0.000000221. The third-order valence-corrected chi connectivity index (χ3v) is 8.89. The quantitative estimate of drug-likeness (QED) is 0.118. The van der Waals surface area contributed by atoms with Crippen molar-refractivity contribution in [2.45, 2.75) is 0 Å². The Bertz CT molecular complexity index is 1860. The largest absolute Gasteiger partial charge is 0.379 e. The first-order chi connectivity index (χ1) is 27.2. The molecule has 0 amide bonds. The average Bonchev–Trinajstić information content (AvgIpc) is 3.23. The monoisotopic (exact) mass is 862 g/mol. The van der Waals surface area contributed by atoms with Crippen molar-refractivity contribution in [3.63, 3.8) is 0 Å². The SMILES string of the molecule is Fc1c(F)c(F)c(B(c2c(F)c(F)c(F)c(F)c2F)N2CCOCC2)c(F)c1F.Fc1c(F)c(F)c(B(c2c(F)c(F)c(F)c(F)c2F)N2CCOCC2)c(F)c1F. The molecular formula is C32H16B2F20N2O2. The molecule has 312 valence electrons. The zero-order valence-corrected chi connectivity index (χ0v) is 28.1. The minimum Gasteiger partial charge on any atom is -0.379 e. The molecule has 0 radical (unpaired) electrons. The van der Waals surface area contributed by atoms with Gasteiger partial charge in [0.25, 0.3) is 0 Å². The van der Waals surface area contributed by atoms with E-state index < -0.39 is 152 Å². The van der Waals surface area contributed by atoms with Gasteiger partial charge in [-0.25, -0.2) is 87.8 Å². The highest BCUT2D eigenvalue weighted by Crippen LogP contribution is 2.24. The average molecular weight is 862 g/mol. The summed E-state index contributed by atoms with van der Waals surface area (Å²) < 4.78 is 288. The van der Waals surface area contributed by atoms with Crippen LogP contribution in [-0.2, 0) is 9.47 Å². The van der Waals surface area contributed by atoms with Gasteiger partial charge in [-0.05, 0) is 0 Å². The molecule has 0 N–H and O–H groups in total. The predicted octanol–water partition coefficient (Wildman–Crippen LogP) is 5.03. The molecule has 58 heavy (non-hydrogen) atoms. The van der Waals surface area contributed by atoms with Gasteiger partial charge in [-0.15, -0.1) is 0 Å². The van der Waals surface area contributed by atoms with Crippen molar-refractivity contribution in [2.24, 2.45) is 0 Å². The summed E-state index contributed by atoms with van der Waals surface area (Å²) in [7, 11) is 0. The van der Waals surface area contributed by atoms with Crippen molar-refractivity contribution in [3.8, 4) is 0 Å². The van der Waals surface area contributed by atoms with Crippen LogP contribution in [0.4, 0.5) is 87.8 Å². The molecule has 2 saturated heterocycles. The van der Waals surface area contributed by atoms with Crippen LogP contribution in [0.3, 0.4) is 0 Å². The van der Waals surface area contributed by atoms with Gasteiger partial charge >= 0.3 is 13.7 Å². The van der Waals surface area contributed by atoms with E-state index in [0.717, 1.165) is 9.62 Å². The first-order valence-electron chi connectivity index (χ1n) is 15.9. The maximum atomic E-state index is 14.4. The first kappa shape index (κ1) is 44.6. The zero-order valence-electron chi connectivity index (χ0n) is 28.1. The summed E-state index contributed by atoms with van der Waals surface area (Å²) in [6, 6.07) is 0. The third-order valence-electron chi connectivity index (χ3n) is 8.89. The van der Waals surface area contributed by atoms with Crippen LogP contribution in [0.1, 0.15) is 0 Å². The minimum absolute atomic E-state index is 0.193. The third kappa shape index (κ3) is 7.58. The second kappa shape index (κ2) is 17.4. The van der Waals surface area contributed by atoms with Gasteiger partial charge in [0.1, 0.15) is 0 Å². The summed E-state index contributed by atoms with van der Waals surface area (Å²) in [6.45, 7) is -7.22. The molecule has 0 atom stereocenters. The molecule has 0 aromatic heterocycles. The van der Waals surface area contributed by atoms with E-state index in [-0.39, 0.29) is 52.6 Å². The van der Waals surface area contributed by atoms with Crippen LogP contribution in [0.5, 0.6) is 0 Å². The van der Waals surface area contributed by atoms with Crippen LogP contribution < -0.4 is 21.9 Å². The Labute approximate surface area is 311 Å². The molecule has 4 aromatic carbocycles. The molecule has 2 aliphatic heterocycles. The molecule has 0 saturated carbocycles. The molecule has 0 unspecified atom stereocenters. The number of hydrogen-bond donors (Lipinski definition) is 0. The lowest BCUT2D eigenvalue weighted by atomic mass is 9.48. The number of ether oxygens (including phenoxy) is 2. The Morgan fingerprint density at radius 3 is 0.534 bits per heavy atom. The smallest absolute Gasteiger partial charge is 0.305 e. The second-order valence-electron chi connectivity index (χ2n) is 12.0. The van der Waals surface area contributed by atoms with Crippen LogP contribution in [0.25, 0.3) is 0 Å².